The van der Waals surface area contributed by atoms with E-state index in [1.54, 1.807) is 19.1 Å². The van der Waals surface area contributed by atoms with Crippen LogP contribution in [0.2, 0.25) is 0 Å². The molecule has 0 radical (unpaired) electrons. The molecule has 0 heterocycles. The molecule has 0 aliphatic heterocycles. The number of rotatable bonds is 5. The maximum atomic E-state index is 13.6. The summed E-state index contributed by atoms with van der Waals surface area (Å²) in [6.07, 6.45) is 0. The van der Waals surface area contributed by atoms with Crippen molar-refractivity contribution in [1.29, 1.82) is 0 Å². The molecule has 88 valence electrons. The molecular formula is C11H15FN2O2. The quantitative estimate of drug-likeness (QED) is 0.786. The van der Waals surface area contributed by atoms with Gasteiger partial charge in [-0.25, -0.2) is 4.39 Å². The molecule has 1 rings (SSSR count). The minimum atomic E-state index is -0.484. The summed E-state index contributed by atoms with van der Waals surface area (Å²) < 4.78 is 18.6. The van der Waals surface area contributed by atoms with Crippen LogP contribution in [0.15, 0.2) is 18.2 Å². The van der Waals surface area contributed by atoms with Crippen LogP contribution in [0.25, 0.3) is 0 Å². The molecule has 1 amide bonds. The number of amides is 1. The minimum Gasteiger partial charge on any atom is -0.496 e. The van der Waals surface area contributed by atoms with Crippen molar-refractivity contribution in [1.82, 2.24) is 5.32 Å². The number of hydrogen-bond acceptors (Lipinski definition) is 3. The summed E-state index contributed by atoms with van der Waals surface area (Å²) in [6, 6.07) is 4.24. The first-order chi connectivity index (χ1) is 7.56. The van der Waals surface area contributed by atoms with Crippen LogP contribution in [0, 0.1) is 5.82 Å². The van der Waals surface area contributed by atoms with Crippen LogP contribution in [0.1, 0.15) is 18.5 Å². The van der Waals surface area contributed by atoms with E-state index in [-0.39, 0.29) is 18.4 Å². The van der Waals surface area contributed by atoms with Crippen molar-refractivity contribution in [3.8, 4) is 5.75 Å². The molecule has 0 spiro atoms. The Labute approximate surface area is 93.6 Å². The molecule has 1 aromatic rings. The largest absolute Gasteiger partial charge is 0.496 e. The number of benzene rings is 1. The summed E-state index contributed by atoms with van der Waals surface area (Å²) >= 11 is 0. The van der Waals surface area contributed by atoms with Crippen molar-refractivity contribution in [3.05, 3.63) is 29.6 Å². The fraction of sp³-hybridized carbons (Fsp3) is 0.364. The fourth-order valence-electron chi connectivity index (χ4n) is 1.47. The van der Waals surface area contributed by atoms with Crippen LogP contribution in [0.5, 0.6) is 5.75 Å². The molecule has 0 bridgehead atoms. The van der Waals surface area contributed by atoms with E-state index in [0.717, 1.165) is 0 Å². The van der Waals surface area contributed by atoms with Crippen LogP contribution in [0.4, 0.5) is 4.39 Å². The highest BCUT2D eigenvalue weighted by Crippen LogP contribution is 2.27. The number of nitrogens with two attached hydrogens (primary N) is 1. The van der Waals surface area contributed by atoms with Crippen LogP contribution < -0.4 is 15.8 Å². The molecule has 0 aliphatic carbocycles. The van der Waals surface area contributed by atoms with Gasteiger partial charge in [-0.1, -0.05) is 6.07 Å². The van der Waals surface area contributed by atoms with E-state index in [2.05, 4.69) is 5.32 Å². The second-order valence-electron chi connectivity index (χ2n) is 3.42. The Balaban J connectivity index is 2.88. The third-order valence-corrected chi connectivity index (χ3v) is 2.25. The maximum absolute atomic E-state index is 13.6. The average Bonchev–Trinajstić information content (AvgIpc) is 2.25. The van der Waals surface area contributed by atoms with E-state index in [4.69, 9.17) is 10.5 Å². The van der Waals surface area contributed by atoms with Gasteiger partial charge in [0.15, 0.2) is 0 Å². The Morgan fingerprint density at radius 2 is 2.31 bits per heavy atom. The lowest BCUT2D eigenvalue weighted by Crippen LogP contribution is -2.31. The highest BCUT2D eigenvalue weighted by molar-refractivity contribution is 5.75. The second kappa shape index (κ2) is 5.46. The van der Waals surface area contributed by atoms with Gasteiger partial charge in [0.1, 0.15) is 11.6 Å². The normalized spacial score (nSPS) is 12.2. The predicted octanol–water partition coefficient (Wildman–Crippen LogP) is 0.970. The summed E-state index contributed by atoms with van der Waals surface area (Å²) in [7, 11) is 1.47. The van der Waals surface area contributed by atoms with Gasteiger partial charge in [-0.2, -0.15) is 0 Å². The van der Waals surface area contributed by atoms with E-state index in [1.165, 1.54) is 13.2 Å². The Morgan fingerprint density at radius 3 is 2.88 bits per heavy atom. The van der Waals surface area contributed by atoms with Gasteiger partial charge >= 0.3 is 0 Å². The van der Waals surface area contributed by atoms with Gasteiger partial charge in [0.25, 0.3) is 0 Å². The number of ether oxygens (including phenoxy) is 1. The SMILES string of the molecule is COc1cccc(F)c1C(C)NCC(N)=O. The van der Waals surface area contributed by atoms with E-state index in [1.807, 2.05) is 0 Å². The van der Waals surface area contributed by atoms with Crippen LogP contribution in [-0.4, -0.2) is 19.6 Å². The number of nitrogens with one attached hydrogen (secondary N) is 1. The van der Waals surface area contributed by atoms with Gasteiger partial charge in [-0.05, 0) is 19.1 Å². The zero-order valence-corrected chi connectivity index (χ0v) is 9.29. The highest BCUT2D eigenvalue weighted by atomic mass is 19.1. The van der Waals surface area contributed by atoms with Crippen molar-refractivity contribution in [2.75, 3.05) is 13.7 Å². The van der Waals surface area contributed by atoms with E-state index in [0.29, 0.717) is 11.3 Å². The third kappa shape index (κ3) is 2.93. The molecule has 1 unspecified atom stereocenters. The van der Waals surface area contributed by atoms with Gasteiger partial charge in [0, 0.05) is 11.6 Å². The fourth-order valence-corrected chi connectivity index (χ4v) is 1.47. The maximum Gasteiger partial charge on any atom is 0.231 e. The van der Waals surface area contributed by atoms with Crippen molar-refractivity contribution in [2.24, 2.45) is 5.73 Å². The lowest BCUT2D eigenvalue weighted by molar-refractivity contribution is -0.117. The Kier molecular flexibility index (Phi) is 4.25. The van der Waals surface area contributed by atoms with Crippen LogP contribution in [-0.2, 0) is 4.79 Å². The predicted molar refractivity (Wildman–Crippen MR) is 58.6 cm³/mol. The number of carbonyl (C=O) groups is 1. The highest BCUT2D eigenvalue weighted by Gasteiger charge is 2.16. The molecule has 4 nitrogen and oxygen atoms in total. The molecule has 3 N–H and O–H groups in total. The summed E-state index contributed by atoms with van der Waals surface area (Å²) in [5.74, 6) is -0.407. The van der Waals surface area contributed by atoms with Gasteiger partial charge in [-0.3, -0.25) is 4.79 Å². The summed E-state index contributed by atoms with van der Waals surface area (Å²) in [5, 5.41) is 2.82. The number of hydrogen-bond donors (Lipinski definition) is 2. The van der Waals surface area contributed by atoms with Crippen molar-refractivity contribution >= 4 is 5.91 Å². The number of halogens is 1. The molecule has 0 fully saturated rings. The van der Waals surface area contributed by atoms with Gasteiger partial charge in [0.05, 0.1) is 13.7 Å². The van der Waals surface area contributed by atoms with Crippen molar-refractivity contribution < 1.29 is 13.9 Å². The number of methoxy groups -OCH3 is 1. The standard InChI is InChI=1S/C11H15FN2O2/c1-7(14-6-10(13)15)11-8(12)4-3-5-9(11)16-2/h3-5,7,14H,6H2,1-2H3,(H2,13,15). The lowest BCUT2D eigenvalue weighted by atomic mass is 10.1. The number of carbonyl (C=O) groups excluding carboxylic acids is 1. The molecular weight excluding hydrogens is 211 g/mol. The average molecular weight is 226 g/mol. The lowest BCUT2D eigenvalue weighted by Gasteiger charge is -2.17. The first kappa shape index (κ1) is 12.4. The molecule has 5 heteroatoms. The Hall–Kier alpha value is -1.62. The van der Waals surface area contributed by atoms with Gasteiger partial charge in [0.2, 0.25) is 5.91 Å². The van der Waals surface area contributed by atoms with E-state index in [9.17, 15) is 9.18 Å². The summed E-state index contributed by atoms with van der Waals surface area (Å²) in [6.45, 7) is 1.74. The Morgan fingerprint density at radius 1 is 1.62 bits per heavy atom. The monoisotopic (exact) mass is 226 g/mol. The van der Waals surface area contributed by atoms with E-state index >= 15 is 0 Å². The number of primary amides is 1. The molecule has 0 aliphatic rings. The third-order valence-electron chi connectivity index (χ3n) is 2.25. The van der Waals surface area contributed by atoms with Crippen LogP contribution >= 0.6 is 0 Å². The summed E-state index contributed by atoms with van der Waals surface area (Å²) in [4.78, 5) is 10.6. The molecule has 1 aromatic carbocycles. The zero-order chi connectivity index (χ0) is 12.1. The second-order valence-corrected chi connectivity index (χ2v) is 3.42. The Bertz CT molecular complexity index is 382. The van der Waals surface area contributed by atoms with Gasteiger partial charge < -0.3 is 15.8 Å². The summed E-state index contributed by atoms with van der Waals surface area (Å²) in [5.41, 5.74) is 5.40. The zero-order valence-electron chi connectivity index (χ0n) is 9.29. The van der Waals surface area contributed by atoms with Crippen molar-refractivity contribution in [3.63, 3.8) is 0 Å². The first-order valence-corrected chi connectivity index (χ1v) is 4.90. The molecule has 0 saturated heterocycles. The first-order valence-electron chi connectivity index (χ1n) is 4.90. The van der Waals surface area contributed by atoms with Crippen molar-refractivity contribution in [2.45, 2.75) is 13.0 Å². The molecule has 0 aromatic heterocycles. The van der Waals surface area contributed by atoms with Crippen LogP contribution in [0.3, 0.4) is 0 Å². The molecule has 16 heavy (non-hydrogen) atoms. The van der Waals surface area contributed by atoms with Gasteiger partial charge in [-0.15, -0.1) is 0 Å². The smallest absolute Gasteiger partial charge is 0.231 e. The molecule has 1 atom stereocenters. The minimum absolute atomic E-state index is 0.00133. The topological polar surface area (TPSA) is 64.3 Å². The van der Waals surface area contributed by atoms with E-state index < -0.39 is 5.91 Å². The molecule has 0 saturated carbocycles.